The zero-order valence-corrected chi connectivity index (χ0v) is 17.4. The minimum absolute atomic E-state index is 0.0454. The Morgan fingerprint density at radius 3 is 2.84 bits per heavy atom. The molecule has 2 aliphatic rings. The third-order valence-electron chi connectivity index (χ3n) is 6.16. The Balaban J connectivity index is 1.25. The highest BCUT2D eigenvalue weighted by atomic mass is 19.1. The van der Waals surface area contributed by atoms with Crippen LogP contribution in [0, 0.1) is 11.6 Å². The van der Waals surface area contributed by atoms with Crippen LogP contribution in [0.4, 0.5) is 8.78 Å². The largest absolute Gasteiger partial charge is 0.349 e. The van der Waals surface area contributed by atoms with Crippen molar-refractivity contribution in [1.82, 2.24) is 20.0 Å². The fourth-order valence-electron chi connectivity index (χ4n) is 4.57. The van der Waals surface area contributed by atoms with Gasteiger partial charge in [-0.1, -0.05) is 18.2 Å². The lowest BCUT2D eigenvalue weighted by Crippen LogP contribution is -2.34. The highest BCUT2D eigenvalue weighted by Crippen LogP contribution is 2.32. The zero-order valence-electron chi connectivity index (χ0n) is 17.4. The number of benzene rings is 2. The zero-order chi connectivity index (χ0) is 22.2. The molecule has 2 heterocycles. The van der Waals surface area contributed by atoms with Crippen molar-refractivity contribution in [3.63, 3.8) is 0 Å². The van der Waals surface area contributed by atoms with Gasteiger partial charge in [-0.3, -0.25) is 9.59 Å². The van der Waals surface area contributed by atoms with Crippen LogP contribution in [0.5, 0.6) is 0 Å². The summed E-state index contributed by atoms with van der Waals surface area (Å²) in [5.41, 5.74) is 3.53. The number of rotatable bonds is 5. The van der Waals surface area contributed by atoms with E-state index in [0.29, 0.717) is 25.1 Å². The van der Waals surface area contributed by atoms with Crippen molar-refractivity contribution >= 4 is 11.8 Å². The minimum Gasteiger partial charge on any atom is -0.349 e. The molecule has 32 heavy (non-hydrogen) atoms. The average Bonchev–Trinajstić information content (AvgIpc) is 3.35. The molecule has 2 amide bonds. The highest BCUT2D eigenvalue weighted by molar-refractivity contribution is 5.98. The molecule has 0 spiro atoms. The van der Waals surface area contributed by atoms with Crippen molar-refractivity contribution in [2.75, 3.05) is 6.54 Å². The van der Waals surface area contributed by atoms with E-state index in [1.165, 1.54) is 16.8 Å². The van der Waals surface area contributed by atoms with Crippen LogP contribution in [0.1, 0.15) is 52.5 Å². The number of aromatic nitrogens is 2. The fraction of sp³-hybridized carbons (Fsp3) is 0.292. The Kier molecular flexibility index (Phi) is 5.20. The molecule has 6 nitrogen and oxygen atoms in total. The van der Waals surface area contributed by atoms with E-state index in [2.05, 4.69) is 10.4 Å². The predicted octanol–water partition coefficient (Wildman–Crippen LogP) is 3.69. The maximum Gasteiger partial charge on any atom is 0.254 e. The first-order valence-corrected chi connectivity index (χ1v) is 10.7. The van der Waals surface area contributed by atoms with Crippen LogP contribution in [0.3, 0.4) is 0 Å². The van der Waals surface area contributed by atoms with Crippen LogP contribution < -0.4 is 5.32 Å². The topological polar surface area (TPSA) is 67.2 Å². The standard InChI is InChI=1S/C24H22F2N4O2/c25-16-8-9-22(19(26)12-16)30-21-7-3-6-20(18(21)13-27-30)28-23(31)10-11-29-14-15-4-1-2-5-17(15)24(29)32/h1-2,4-5,8-9,12-13,20H,3,6-7,10-11,14H2,(H,28,31). The fourth-order valence-corrected chi connectivity index (χ4v) is 4.57. The molecular formula is C24H22F2N4O2. The van der Waals surface area contributed by atoms with Gasteiger partial charge in [-0.15, -0.1) is 0 Å². The molecule has 0 fully saturated rings. The van der Waals surface area contributed by atoms with Gasteiger partial charge in [0.2, 0.25) is 5.91 Å². The molecule has 1 unspecified atom stereocenters. The molecule has 0 saturated carbocycles. The third-order valence-corrected chi connectivity index (χ3v) is 6.16. The summed E-state index contributed by atoms with van der Waals surface area (Å²) in [6.45, 7) is 0.866. The third kappa shape index (κ3) is 3.66. The Morgan fingerprint density at radius 2 is 2.03 bits per heavy atom. The number of halogens is 2. The molecule has 3 aromatic rings. The van der Waals surface area contributed by atoms with Crippen LogP contribution in [0.2, 0.25) is 0 Å². The second kappa shape index (κ2) is 8.18. The van der Waals surface area contributed by atoms with Gasteiger partial charge in [0.05, 0.1) is 12.2 Å². The average molecular weight is 436 g/mol. The minimum atomic E-state index is -0.682. The van der Waals surface area contributed by atoms with E-state index in [9.17, 15) is 18.4 Å². The van der Waals surface area contributed by atoms with E-state index >= 15 is 0 Å². The predicted molar refractivity (Wildman–Crippen MR) is 113 cm³/mol. The number of nitrogens with zero attached hydrogens (tertiary/aromatic N) is 3. The van der Waals surface area contributed by atoms with Crippen LogP contribution >= 0.6 is 0 Å². The van der Waals surface area contributed by atoms with Gasteiger partial charge in [-0.2, -0.15) is 5.10 Å². The van der Waals surface area contributed by atoms with Crippen LogP contribution in [0.25, 0.3) is 5.69 Å². The summed E-state index contributed by atoms with van der Waals surface area (Å²) in [5.74, 6) is -1.52. The molecule has 0 bridgehead atoms. The number of hydrogen-bond acceptors (Lipinski definition) is 3. The maximum absolute atomic E-state index is 14.3. The van der Waals surface area contributed by atoms with Gasteiger partial charge in [0.15, 0.2) is 5.82 Å². The van der Waals surface area contributed by atoms with Crippen molar-refractivity contribution in [2.45, 2.75) is 38.3 Å². The van der Waals surface area contributed by atoms with Crippen LogP contribution in [-0.2, 0) is 17.8 Å². The van der Waals surface area contributed by atoms with E-state index in [1.54, 1.807) is 11.1 Å². The molecule has 5 rings (SSSR count). The first-order valence-electron chi connectivity index (χ1n) is 10.7. The van der Waals surface area contributed by atoms with Crippen molar-refractivity contribution < 1.29 is 18.4 Å². The van der Waals surface area contributed by atoms with Gasteiger partial charge >= 0.3 is 0 Å². The summed E-state index contributed by atoms with van der Waals surface area (Å²) in [6.07, 6.45) is 4.10. The molecule has 164 valence electrons. The Hall–Kier alpha value is -3.55. The van der Waals surface area contributed by atoms with Gasteiger partial charge in [0.1, 0.15) is 11.5 Å². The molecule has 1 aromatic heterocycles. The summed E-state index contributed by atoms with van der Waals surface area (Å²) in [5, 5.41) is 7.35. The number of carbonyl (C=O) groups excluding carboxylic acids is 2. The number of amides is 2. The number of hydrogen-bond donors (Lipinski definition) is 1. The Bertz CT molecular complexity index is 1210. The second-order valence-corrected chi connectivity index (χ2v) is 8.20. The number of fused-ring (bicyclic) bond motifs is 2. The normalized spacial score (nSPS) is 17.2. The molecule has 1 aliphatic heterocycles. The van der Waals surface area contributed by atoms with Crippen molar-refractivity contribution in [3.05, 3.63) is 82.7 Å². The molecule has 0 radical (unpaired) electrons. The summed E-state index contributed by atoms with van der Waals surface area (Å²) >= 11 is 0. The molecule has 2 aromatic carbocycles. The summed E-state index contributed by atoms with van der Waals surface area (Å²) in [6, 6.07) is 10.7. The lowest BCUT2D eigenvalue weighted by molar-refractivity contribution is -0.122. The molecule has 0 saturated heterocycles. The highest BCUT2D eigenvalue weighted by Gasteiger charge is 2.29. The number of nitrogens with one attached hydrogen (secondary N) is 1. The van der Waals surface area contributed by atoms with Gasteiger partial charge in [0, 0.05) is 42.4 Å². The molecule has 8 heteroatoms. The monoisotopic (exact) mass is 436 g/mol. The number of carbonyl (C=O) groups is 2. The van der Waals surface area contributed by atoms with Gasteiger partial charge in [0.25, 0.3) is 5.91 Å². The summed E-state index contributed by atoms with van der Waals surface area (Å²) < 4.78 is 29.0. The van der Waals surface area contributed by atoms with Crippen LogP contribution in [-0.4, -0.2) is 33.0 Å². The van der Waals surface area contributed by atoms with E-state index < -0.39 is 11.6 Å². The molecule has 1 N–H and O–H groups in total. The van der Waals surface area contributed by atoms with Crippen molar-refractivity contribution in [1.29, 1.82) is 0 Å². The Morgan fingerprint density at radius 1 is 1.19 bits per heavy atom. The quantitative estimate of drug-likeness (QED) is 0.663. The first kappa shape index (κ1) is 20.4. The van der Waals surface area contributed by atoms with E-state index in [1.807, 2.05) is 24.3 Å². The first-order chi connectivity index (χ1) is 15.5. The SMILES string of the molecule is O=C(CCN1Cc2ccccc2C1=O)NC1CCCc2c1cnn2-c1ccc(F)cc1F. The van der Waals surface area contributed by atoms with Gasteiger partial charge in [-0.05, 0) is 43.0 Å². The van der Waals surface area contributed by atoms with Crippen molar-refractivity contribution in [3.8, 4) is 5.69 Å². The second-order valence-electron chi connectivity index (χ2n) is 8.20. The lowest BCUT2D eigenvalue weighted by Gasteiger charge is -2.25. The summed E-state index contributed by atoms with van der Waals surface area (Å²) in [7, 11) is 0. The van der Waals surface area contributed by atoms with E-state index in [4.69, 9.17) is 0 Å². The molecule has 1 atom stereocenters. The smallest absolute Gasteiger partial charge is 0.254 e. The van der Waals surface area contributed by atoms with Gasteiger partial charge in [-0.25, -0.2) is 13.5 Å². The Labute approximate surface area is 183 Å². The van der Waals surface area contributed by atoms with E-state index in [-0.39, 0.29) is 30.0 Å². The van der Waals surface area contributed by atoms with Crippen LogP contribution in [0.15, 0.2) is 48.7 Å². The molecule has 1 aliphatic carbocycles. The van der Waals surface area contributed by atoms with Crippen molar-refractivity contribution in [2.24, 2.45) is 0 Å². The van der Waals surface area contributed by atoms with Gasteiger partial charge < -0.3 is 10.2 Å². The van der Waals surface area contributed by atoms with E-state index in [0.717, 1.165) is 35.7 Å². The lowest BCUT2D eigenvalue weighted by atomic mass is 9.92. The summed E-state index contributed by atoms with van der Waals surface area (Å²) in [4.78, 5) is 26.8. The maximum atomic E-state index is 14.3. The molecular weight excluding hydrogens is 414 g/mol.